The maximum absolute atomic E-state index is 11.1. The average Bonchev–Trinajstić information content (AvgIpc) is 3.04. The molecule has 0 aromatic heterocycles. The Bertz CT molecular complexity index is 413. The van der Waals surface area contributed by atoms with Crippen molar-refractivity contribution in [1.29, 1.82) is 0 Å². The van der Waals surface area contributed by atoms with Crippen molar-refractivity contribution in [2.45, 2.75) is 25.8 Å². The van der Waals surface area contributed by atoms with Gasteiger partial charge >= 0.3 is 0 Å². The van der Waals surface area contributed by atoms with Crippen LogP contribution in [0, 0.1) is 5.92 Å². The lowest BCUT2D eigenvalue weighted by molar-refractivity contribution is 0.100. The number of primary amides is 1. The van der Waals surface area contributed by atoms with Crippen LogP contribution in [-0.2, 0) is 0 Å². The molecular weight excluding hydrogens is 202 g/mol. The maximum atomic E-state index is 11.1. The molecule has 1 fully saturated rings. The lowest BCUT2D eigenvalue weighted by Gasteiger charge is -2.16. The van der Waals surface area contributed by atoms with Gasteiger partial charge in [0.15, 0.2) is 0 Å². The zero-order chi connectivity index (χ0) is 11.7. The van der Waals surface area contributed by atoms with Crippen molar-refractivity contribution in [2.75, 3.05) is 11.1 Å². The first-order valence-corrected chi connectivity index (χ1v) is 5.54. The lowest BCUT2D eigenvalue weighted by Crippen LogP contribution is -2.19. The number of rotatable bonds is 4. The molecule has 1 atom stereocenters. The van der Waals surface area contributed by atoms with Gasteiger partial charge < -0.3 is 16.8 Å². The molecule has 1 aromatic rings. The molecule has 0 bridgehead atoms. The zero-order valence-electron chi connectivity index (χ0n) is 9.36. The molecule has 1 aliphatic rings. The molecule has 4 heteroatoms. The Balaban J connectivity index is 2.17. The average molecular weight is 219 g/mol. The van der Waals surface area contributed by atoms with Gasteiger partial charge in [0.25, 0.3) is 0 Å². The molecule has 0 saturated heterocycles. The van der Waals surface area contributed by atoms with Crippen molar-refractivity contribution in [1.82, 2.24) is 0 Å². The highest BCUT2D eigenvalue weighted by Crippen LogP contribution is 2.34. The first-order chi connectivity index (χ1) is 7.58. The van der Waals surface area contributed by atoms with Gasteiger partial charge in [0.1, 0.15) is 0 Å². The predicted molar refractivity (Wildman–Crippen MR) is 65.2 cm³/mol. The van der Waals surface area contributed by atoms with Gasteiger partial charge in [-0.25, -0.2) is 0 Å². The number of hydrogen-bond donors (Lipinski definition) is 3. The van der Waals surface area contributed by atoms with Crippen LogP contribution in [0.1, 0.15) is 30.1 Å². The van der Waals surface area contributed by atoms with Crippen LogP contribution in [0.3, 0.4) is 0 Å². The number of hydrogen-bond acceptors (Lipinski definition) is 3. The van der Waals surface area contributed by atoms with E-state index in [0.29, 0.717) is 17.3 Å². The Kier molecular flexibility index (Phi) is 2.73. The molecule has 0 spiro atoms. The first kappa shape index (κ1) is 10.8. The second-order valence-electron chi connectivity index (χ2n) is 4.44. The Labute approximate surface area is 95.0 Å². The van der Waals surface area contributed by atoms with Crippen molar-refractivity contribution >= 4 is 17.3 Å². The summed E-state index contributed by atoms with van der Waals surface area (Å²) in [7, 11) is 0. The minimum Gasteiger partial charge on any atom is -0.397 e. The second kappa shape index (κ2) is 4.04. The van der Waals surface area contributed by atoms with E-state index in [9.17, 15) is 4.79 Å². The van der Waals surface area contributed by atoms with Gasteiger partial charge in [0.2, 0.25) is 5.91 Å². The number of carbonyl (C=O) groups is 1. The molecule has 1 amide bonds. The van der Waals surface area contributed by atoms with E-state index in [-0.39, 0.29) is 0 Å². The van der Waals surface area contributed by atoms with Gasteiger partial charge in [-0.3, -0.25) is 4.79 Å². The van der Waals surface area contributed by atoms with Gasteiger partial charge in [-0.15, -0.1) is 0 Å². The summed E-state index contributed by atoms with van der Waals surface area (Å²) < 4.78 is 0. The lowest BCUT2D eigenvalue weighted by atomic mass is 10.1. The molecule has 5 N–H and O–H groups in total. The quantitative estimate of drug-likeness (QED) is 0.672. The Hall–Kier alpha value is -1.71. The van der Waals surface area contributed by atoms with Crippen LogP contribution in [0.25, 0.3) is 0 Å². The first-order valence-electron chi connectivity index (χ1n) is 5.54. The highest BCUT2D eigenvalue weighted by atomic mass is 16.1. The van der Waals surface area contributed by atoms with E-state index in [1.54, 1.807) is 18.2 Å². The third-order valence-corrected chi connectivity index (χ3v) is 3.05. The van der Waals surface area contributed by atoms with E-state index in [1.165, 1.54) is 12.8 Å². The van der Waals surface area contributed by atoms with Gasteiger partial charge in [-0.1, -0.05) is 0 Å². The van der Waals surface area contributed by atoms with Crippen LogP contribution in [0.15, 0.2) is 18.2 Å². The standard InChI is InChI=1S/C12H17N3O/c1-7(8-2-3-8)15-11-6-9(12(14)16)4-5-10(11)13/h4-8,15H,2-3,13H2,1H3,(H2,14,16). The summed E-state index contributed by atoms with van der Waals surface area (Å²) >= 11 is 0. The molecule has 1 saturated carbocycles. The minimum atomic E-state index is -0.429. The number of amides is 1. The Morgan fingerprint density at radius 1 is 1.50 bits per heavy atom. The molecule has 1 unspecified atom stereocenters. The second-order valence-corrected chi connectivity index (χ2v) is 4.44. The summed E-state index contributed by atoms with van der Waals surface area (Å²) in [5.41, 5.74) is 13.0. The van der Waals surface area contributed by atoms with Gasteiger partial charge in [0.05, 0.1) is 11.4 Å². The van der Waals surface area contributed by atoms with Crippen molar-refractivity contribution < 1.29 is 4.79 Å². The van der Waals surface area contributed by atoms with Crippen molar-refractivity contribution in [3.63, 3.8) is 0 Å². The van der Waals surface area contributed by atoms with E-state index >= 15 is 0 Å². The third-order valence-electron chi connectivity index (χ3n) is 3.05. The van der Waals surface area contributed by atoms with E-state index in [0.717, 1.165) is 11.6 Å². The third kappa shape index (κ3) is 2.27. The van der Waals surface area contributed by atoms with Crippen LogP contribution < -0.4 is 16.8 Å². The number of nitrogens with one attached hydrogen (secondary N) is 1. The number of carbonyl (C=O) groups excluding carboxylic acids is 1. The summed E-state index contributed by atoms with van der Waals surface area (Å²) in [6.07, 6.45) is 2.53. The summed E-state index contributed by atoms with van der Waals surface area (Å²) in [6, 6.07) is 5.47. The number of benzene rings is 1. The van der Waals surface area contributed by atoms with Crippen LogP contribution in [-0.4, -0.2) is 11.9 Å². The van der Waals surface area contributed by atoms with E-state index in [2.05, 4.69) is 12.2 Å². The highest BCUT2D eigenvalue weighted by molar-refractivity contribution is 5.94. The van der Waals surface area contributed by atoms with E-state index < -0.39 is 5.91 Å². The Morgan fingerprint density at radius 3 is 2.75 bits per heavy atom. The normalized spacial score (nSPS) is 16.8. The van der Waals surface area contributed by atoms with Gasteiger partial charge in [-0.05, 0) is 43.9 Å². The summed E-state index contributed by atoms with van der Waals surface area (Å²) in [5, 5.41) is 3.33. The van der Waals surface area contributed by atoms with Crippen molar-refractivity contribution in [3.05, 3.63) is 23.8 Å². The van der Waals surface area contributed by atoms with Gasteiger partial charge in [0, 0.05) is 11.6 Å². The molecule has 1 aliphatic carbocycles. The molecule has 1 aromatic carbocycles. The monoisotopic (exact) mass is 219 g/mol. The number of anilines is 2. The summed E-state index contributed by atoms with van der Waals surface area (Å²) in [4.78, 5) is 11.1. The van der Waals surface area contributed by atoms with E-state index in [4.69, 9.17) is 11.5 Å². The van der Waals surface area contributed by atoms with Crippen molar-refractivity contribution in [2.24, 2.45) is 11.7 Å². The van der Waals surface area contributed by atoms with Crippen LogP contribution in [0.4, 0.5) is 11.4 Å². The number of nitrogen functional groups attached to an aromatic ring is 1. The fraction of sp³-hybridized carbons (Fsp3) is 0.417. The SMILES string of the molecule is CC(Nc1cc(C(N)=O)ccc1N)C1CC1. The number of nitrogens with two attached hydrogens (primary N) is 2. The molecule has 86 valence electrons. The van der Waals surface area contributed by atoms with Crippen LogP contribution >= 0.6 is 0 Å². The summed E-state index contributed by atoms with van der Waals surface area (Å²) in [5.74, 6) is 0.304. The molecule has 0 heterocycles. The predicted octanol–water partition coefficient (Wildman–Crippen LogP) is 1.58. The summed E-state index contributed by atoms with van der Waals surface area (Å²) in [6.45, 7) is 2.13. The molecule has 16 heavy (non-hydrogen) atoms. The Morgan fingerprint density at radius 2 is 2.19 bits per heavy atom. The highest BCUT2D eigenvalue weighted by Gasteiger charge is 2.28. The molecular formula is C12H17N3O. The maximum Gasteiger partial charge on any atom is 0.248 e. The van der Waals surface area contributed by atoms with Crippen LogP contribution in [0.2, 0.25) is 0 Å². The molecule has 2 rings (SSSR count). The topological polar surface area (TPSA) is 81.1 Å². The molecule has 0 aliphatic heterocycles. The van der Waals surface area contributed by atoms with Crippen molar-refractivity contribution in [3.8, 4) is 0 Å². The van der Waals surface area contributed by atoms with Gasteiger partial charge in [-0.2, -0.15) is 0 Å². The van der Waals surface area contributed by atoms with Crippen LogP contribution in [0.5, 0.6) is 0 Å². The minimum absolute atomic E-state index is 0.394. The van der Waals surface area contributed by atoms with E-state index in [1.807, 2.05) is 0 Å². The molecule has 0 radical (unpaired) electrons. The fourth-order valence-electron chi connectivity index (χ4n) is 1.79. The zero-order valence-corrected chi connectivity index (χ0v) is 9.36. The fourth-order valence-corrected chi connectivity index (χ4v) is 1.79. The largest absolute Gasteiger partial charge is 0.397 e. The smallest absolute Gasteiger partial charge is 0.248 e. The molecule has 4 nitrogen and oxygen atoms in total.